The van der Waals surface area contributed by atoms with Gasteiger partial charge in [-0.1, -0.05) is 72.3 Å². The molecule has 0 aromatic heterocycles. The summed E-state index contributed by atoms with van der Waals surface area (Å²) >= 11 is 6.40. The Balaban J connectivity index is 1.46. The van der Waals surface area contributed by atoms with Crippen molar-refractivity contribution in [1.82, 2.24) is 0 Å². The minimum Gasteiger partial charge on any atom is -0.460 e. The summed E-state index contributed by atoms with van der Waals surface area (Å²) in [6.07, 6.45) is 0.289. The smallest absolute Gasteiger partial charge is 0.376 e. The van der Waals surface area contributed by atoms with Crippen LogP contribution in [0.2, 0.25) is 5.02 Å². The van der Waals surface area contributed by atoms with Gasteiger partial charge in [-0.2, -0.15) is 5.10 Å². The molecule has 0 spiro atoms. The number of carbonyl (C=O) groups excluding carboxylic acids is 1. The zero-order valence-corrected chi connectivity index (χ0v) is 28.5. The molecule has 3 heterocycles. The second-order valence-electron chi connectivity index (χ2n) is 12.5. The molecule has 8 rings (SSSR count). The fourth-order valence-electron chi connectivity index (χ4n) is 7.43. The van der Waals surface area contributed by atoms with Gasteiger partial charge in [0.1, 0.15) is 5.66 Å². The number of hydrogen-bond donors (Lipinski definition) is 0. The summed E-state index contributed by atoms with van der Waals surface area (Å²) in [6, 6.07) is 41.8. The van der Waals surface area contributed by atoms with Gasteiger partial charge < -0.3 is 4.74 Å². The number of para-hydroxylation sites is 3. The third kappa shape index (κ3) is 4.99. The number of benzene rings is 5. The average molecular weight is 698 g/mol. The van der Waals surface area contributed by atoms with E-state index in [1.54, 1.807) is 24.1 Å². The Labute approximate surface area is 299 Å². The van der Waals surface area contributed by atoms with Gasteiger partial charge in [-0.25, -0.2) is 14.8 Å². The Kier molecular flexibility index (Phi) is 7.72. The van der Waals surface area contributed by atoms with Crippen molar-refractivity contribution in [2.45, 2.75) is 31.6 Å². The first-order valence-electron chi connectivity index (χ1n) is 16.5. The maximum atomic E-state index is 13.9. The van der Waals surface area contributed by atoms with Crippen molar-refractivity contribution < 1.29 is 14.5 Å². The van der Waals surface area contributed by atoms with Crippen LogP contribution in [0.5, 0.6) is 0 Å². The minimum absolute atomic E-state index is 0.0558. The average Bonchev–Trinajstić information content (AvgIpc) is 3.62. The number of halogens is 1. The molecular formula is C39H32ClN7O4. The first kappa shape index (κ1) is 32.0. The number of nitro groups is 1. The van der Waals surface area contributed by atoms with E-state index in [1.807, 2.05) is 114 Å². The molecule has 0 N–H and O–H groups in total. The highest BCUT2D eigenvalue weighted by molar-refractivity contribution is 6.43. The number of anilines is 4. The highest BCUT2D eigenvalue weighted by Gasteiger charge is 2.63. The molecule has 0 fully saturated rings. The second kappa shape index (κ2) is 12.3. The summed E-state index contributed by atoms with van der Waals surface area (Å²) in [5.74, 6) is 0.171. The van der Waals surface area contributed by atoms with E-state index in [0.717, 1.165) is 22.5 Å². The lowest BCUT2D eigenvalue weighted by molar-refractivity contribution is -0.384. The lowest BCUT2D eigenvalue weighted by Gasteiger charge is -2.49. The Morgan fingerprint density at radius 2 is 1.37 bits per heavy atom. The SMILES string of the molecule is CCOC(=O)C1=NN(c2ccc([N+](=O)[O-])cc2)[C@@]2(C)C[C@]3(c4ccccc4)N(c4ccccc4)N=C(c4ccc(Cl)cc4)N3c3ccccc3N12. The van der Waals surface area contributed by atoms with E-state index >= 15 is 0 Å². The number of non-ortho nitro benzene ring substituents is 1. The van der Waals surface area contributed by atoms with Crippen molar-refractivity contribution >= 4 is 57.7 Å². The highest BCUT2D eigenvalue weighted by Crippen LogP contribution is 2.57. The number of hydrazone groups is 2. The van der Waals surface area contributed by atoms with Crippen molar-refractivity contribution in [3.05, 3.63) is 160 Å². The number of nitrogens with zero attached hydrogens (tertiary/aromatic N) is 7. The predicted octanol–water partition coefficient (Wildman–Crippen LogP) is 8.11. The lowest BCUT2D eigenvalue weighted by atomic mass is 9.85. The number of fused-ring (bicyclic) bond motifs is 5. The van der Waals surface area contributed by atoms with Gasteiger partial charge in [0.25, 0.3) is 5.69 Å². The van der Waals surface area contributed by atoms with Gasteiger partial charge in [-0.3, -0.25) is 19.9 Å². The van der Waals surface area contributed by atoms with Crippen LogP contribution in [-0.2, 0) is 15.2 Å². The van der Waals surface area contributed by atoms with E-state index in [0.29, 0.717) is 22.2 Å². The van der Waals surface area contributed by atoms with Crippen LogP contribution >= 0.6 is 11.6 Å². The summed E-state index contributed by atoms with van der Waals surface area (Å²) in [5.41, 5.74) is 2.43. The molecule has 5 aromatic carbocycles. The standard InChI is InChI=1S/C39H32ClN7O4/c1-3-51-37(48)36-42-45(31-22-24-32(25-23-31)47(49)50)38(2)26-39(28-12-6-4-7-13-28)44(34-17-11-10-16-33(34)43(36)38)35(27-18-20-29(40)21-19-27)41-46(39)30-14-8-5-9-15-30/h4-25H,3,26H2,1-2H3/t38-,39+/m0/s1. The number of ether oxygens (including phenoxy) is 1. The predicted molar refractivity (Wildman–Crippen MR) is 199 cm³/mol. The number of amidine groups is 2. The Hall–Kier alpha value is -6.20. The van der Waals surface area contributed by atoms with Gasteiger partial charge in [0, 0.05) is 34.7 Å². The van der Waals surface area contributed by atoms with Crippen molar-refractivity contribution in [2.75, 3.05) is 26.4 Å². The van der Waals surface area contributed by atoms with E-state index in [9.17, 15) is 14.9 Å². The molecule has 254 valence electrons. The van der Waals surface area contributed by atoms with Gasteiger partial charge in [0.2, 0.25) is 5.84 Å². The molecule has 0 unspecified atom stereocenters. The summed E-state index contributed by atoms with van der Waals surface area (Å²) < 4.78 is 5.62. The number of carbonyl (C=O) groups is 1. The highest BCUT2D eigenvalue weighted by atomic mass is 35.5. The van der Waals surface area contributed by atoms with Crippen LogP contribution in [0.15, 0.2) is 144 Å². The molecule has 0 aliphatic carbocycles. The fourth-order valence-corrected chi connectivity index (χ4v) is 7.56. The summed E-state index contributed by atoms with van der Waals surface area (Å²) in [5, 5.41) is 26.5. The first-order chi connectivity index (χ1) is 24.8. The molecule has 3 aliphatic rings. The lowest BCUT2D eigenvalue weighted by Crippen LogP contribution is -2.62. The molecule has 0 radical (unpaired) electrons. The van der Waals surface area contributed by atoms with Crippen LogP contribution in [0.25, 0.3) is 0 Å². The Bertz CT molecular complexity index is 2200. The van der Waals surface area contributed by atoms with Crippen LogP contribution in [0.1, 0.15) is 31.4 Å². The van der Waals surface area contributed by atoms with Gasteiger partial charge in [-0.05, 0) is 74.5 Å². The van der Waals surface area contributed by atoms with Crippen LogP contribution in [0.3, 0.4) is 0 Å². The topological polar surface area (TPSA) is 107 Å². The van der Waals surface area contributed by atoms with E-state index in [1.165, 1.54) is 12.1 Å². The largest absolute Gasteiger partial charge is 0.460 e. The fraction of sp³-hybridized carbons (Fsp3) is 0.154. The minimum atomic E-state index is -1.11. The summed E-state index contributed by atoms with van der Waals surface area (Å²) in [7, 11) is 0. The monoisotopic (exact) mass is 697 g/mol. The molecule has 2 atom stereocenters. The van der Waals surface area contributed by atoms with Crippen molar-refractivity contribution in [1.29, 1.82) is 0 Å². The normalized spacial score (nSPS) is 20.5. The van der Waals surface area contributed by atoms with Crippen molar-refractivity contribution in [2.24, 2.45) is 10.2 Å². The molecule has 5 aromatic rings. The maximum Gasteiger partial charge on any atom is 0.376 e. The van der Waals surface area contributed by atoms with E-state index in [4.69, 9.17) is 26.5 Å². The van der Waals surface area contributed by atoms with Crippen LogP contribution in [0, 0.1) is 10.1 Å². The first-order valence-corrected chi connectivity index (χ1v) is 16.9. The van der Waals surface area contributed by atoms with Crippen molar-refractivity contribution in [3.63, 3.8) is 0 Å². The third-order valence-corrected chi connectivity index (χ3v) is 9.77. The van der Waals surface area contributed by atoms with E-state index in [2.05, 4.69) is 17.0 Å². The van der Waals surface area contributed by atoms with E-state index < -0.39 is 22.2 Å². The zero-order chi connectivity index (χ0) is 35.3. The van der Waals surface area contributed by atoms with Gasteiger partial charge in [-0.15, -0.1) is 5.10 Å². The van der Waals surface area contributed by atoms with Gasteiger partial charge in [0.15, 0.2) is 11.5 Å². The molecule has 0 amide bonds. The van der Waals surface area contributed by atoms with Crippen LogP contribution in [0.4, 0.5) is 28.4 Å². The molecular weight excluding hydrogens is 666 g/mol. The molecule has 3 aliphatic heterocycles. The zero-order valence-electron chi connectivity index (χ0n) is 27.8. The summed E-state index contributed by atoms with van der Waals surface area (Å²) in [4.78, 5) is 29.3. The Morgan fingerprint density at radius 1 is 0.784 bits per heavy atom. The van der Waals surface area contributed by atoms with Gasteiger partial charge >= 0.3 is 5.97 Å². The number of esters is 1. The molecule has 0 saturated carbocycles. The van der Waals surface area contributed by atoms with Gasteiger partial charge in [0.05, 0.1) is 34.3 Å². The second-order valence-corrected chi connectivity index (χ2v) is 13.0. The molecule has 12 heteroatoms. The third-order valence-electron chi connectivity index (χ3n) is 9.52. The number of nitro benzene ring substituents is 1. The molecule has 51 heavy (non-hydrogen) atoms. The van der Waals surface area contributed by atoms with E-state index in [-0.39, 0.29) is 24.6 Å². The number of rotatable bonds is 7. The molecule has 11 nitrogen and oxygen atoms in total. The quantitative estimate of drug-likeness (QED) is 0.0954. The Morgan fingerprint density at radius 3 is 2.00 bits per heavy atom. The number of hydrogen-bond acceptors (Lipinski definition) is 10. The van der Waals surface area contributed by atoms with Crippen LogP contribution < -0.4 is 19.8 Å². The summed E-state index contributed by atoms with van der Waals surface area (Å²) in [6.45, 7) is 3.93. The maximum absolute atomic E-state index is 13.9. The van der Waals surface area contributed by atoms with Crippen molar-refractivity contribution in [3.8, 4) is 0 Å². The molecule has 0 bridgehead atoms. The van der Waals surface area contributed by atoms with Crippen LogP contribution in [-0.4, -0.2) is 34.8 Å². The molecule has 0 saturated heterocycles.